The second-order valence-corrected chi connectivity index (χ2v) is 5.35. The van der Waals surface area contributed by atoms with Gasteiger partial charge in [-0.2, -0.15) is 0 Å². The number of anilines is 1. The van der Waals surface area contributed by atoms with Crippen molar-refractivity contribution < 1.29 is 14.2 Å². The molecule has 2 aromatic rings. The van der Waals surface area contributed by atoms with Gasteiger partial charge in [0.15, 0.2) is 11.5 Å². The summed E-state index contributed by atoms with van der Waals surface area (Å²) in [4.78, 5) is 6.58. The number of nitrogens with zero attached hydrogens (tertiary/aromatic N) is 2. The fourth-order valence-electron chi connectivity index (χ4n) is 2.30. The SMILES string of the molecule is CCOc1cc2c(cc1C=Nc1ccc(N(C)C)cc1)OCO2. The molecule has 0 saturated heterocycles. The third-order valence-electron chi connectivity index (χ3n) is 3.52. The quantitative estimate of drug-likeness (QED) is 0.791. The molecule has 23 heavy (non-hydrogen) atoms. The summed E-state index contributed by atoms with van der Waals surface area (Å²) in [5.41, 5.74) is 2.89. The highest BCUT2D eigenvalue weighted by atomic mass is 16.7. The summed E-state index contributed by atoms with van der Waals surface area (Å²) < 4.78 is 16.5. The zero-order valence-corrected chi connectivity index (χ0v) is 13.6. The van der Waals surface area contributed by atoms with Crippen molar-refractivity contribution in [2.45, 2.75) is 6.92 Å². The molecular weight excluding hydrogens is 292 g/mol. The molecule has 0 spiro atoms. The lowest BCUT2D eigenvalue weighted by Gasteiger charge is -2.11. The van der Waals surface area contributed by atoms with Gasteiger partial charge in [0.1, 0.15) is 5.75 Å². The van der Waals surface area contributed by atoms with Crippen molar-refractivity contribution >= 4 is 17.6 Å². The van der Waals surface area contributed by atoms with Gasteiger partial charge in [0.05, 0.1) is 12.3 Å². The van der Waals surface area contributed by atoms with Crippen molar-refractivity contribution in [3.05, 3.63) is 42.0 Å². The summed E-state index contributed by atoms with van der Waals surface area (Å²) >= 11 is 0. The predicted octanol–water partition coefficient (Wildman–Crippen LogP) is 3.63. The van der Waals surface area contributed by atoms with Crippen molar-refractivity contribution in [1.82, 2.24) is 0 Å². The van der Waals surface area contributed by atoms with Crippen LogP contribution >= 0.6 is 0 Å². The van der Waals surface area contributed by atoms with E-state index in [1.54, 1.807) is 6.21 Å². The van der Waals surface area contributed by atoms with E-state index in [1.165, 1.54) is 0 Å². The van der Waals surface area contributed by atoms with Gasteiger partial charge in [-0.15, -0.1) is 0 Å². The van der Waals surface area contributed by atoms with E-state index >= 15 is 0 Å². The molecule has 0 saturated carbocycles. The van der Waals surface area contributed by atoms with E-state index in [2.05, 4.69) is 9.89 Å². The Hall–Kier alpha value is -2.69. The summed E-state index contributed by atoms with van der Waals surface area (Å²) in [5, 5.41) is 0. The van der Waals surface area contributed by atoms with Gasteiger partial charge in [-0.25, -0.2) is 0 Å². The molecule has 1 aliphatic heterocycles. The van der Waals surface area contributed by atoms with E-state index in [-0.39, 0.29) is 6.79 Å². The average Bonchev–Trinajstić information content (AvgIpc) is 3.00. The molecule has 0 unspecified atom stereocenters. The smallest absolute Gasteiger partial charge is 0.231 e. The number of aliphatic imine (C=N–C) groups is 1. The van der Waals surface area contributed by atoms with Crippen LogP contribution in [0.3, 0.4) is 0 Å². The third-order valence-corrected chi connectivity index (χ3v) is 3.52. The van der Waals surface area contributed by atoms with E-state index in [9.17, 15) is 0 Å². The standard InChI is InChI=1S/C18H20N2O3/c1-4-21-16-10-18-17(22-12-23-18)9-13(16)11-19-14-5-7-15(8-6-14)20(2)3/h5-11H,4,12H2,1-3H3. The molecule has 0 fully saturated rings. The molecular formula is C18H20N2O3. The van der Waals surface area contributed by atoms with E-state index in [0.29, 0.717) is 12.4 Å². The van der Waals surface area contributed by atoms with Gasteiger partial charge in [-0.05, 0) is 37.3 Å². The van der Waals surface area contributed by atoms with Crippen molar-refractivity contribution in [1.29, 1.82) is 0 Å². The van der Waals surface area contributed by atoms with Gasteiger partial charge in [-0.1, -0.05) is 0 Å². The summed E-state index contributed by atoms with van der Waals surface area (Å²) in [5.74, 6) is 2.17. The van der Waals surface area contributed by atoms with Gasteiger partial charge >= 0.3 is 0 Å². The maximum atomic E-state index is 5.67. The van der Waals surface area contributed by atoms with Crippen LogP contribution in [0.25, 0.3) is 0 Å². The molecule has 0 aliphatic carbocycles. The molecule has 0 aromatic heterocycles. The minimum atomic E-state index is 0.244. The molecule has 5 heteroatoms. The van der Waals surface area contributed by atoms with Crippen LogP contribution in [-0.4, -0.2) is 33.7 Å². The van der Waals surface area contributed by atoms with Crippen LogP contribution < -0.4 is 19.1 Å². The zero-order chi connectivity index (χ0) is 16.2. The minimum Gasteiger partial charge on any atom is -0.493 e. The third kappa shape index (κ3) is 3.39. The fourth-order valence-corrected chi connectivity index (χ4v) is 2.30. The first-order valence-corrected chi connectivity index (χ1v) is 7.55. The van der Waals surface area contributed by atoms with Crippen LogP contribution in [0.2, 0.25) is 0 Å². The summed E-state index contributed by atoms with van der Waals surface area (Å²) in [6, 6.07) is 11.8. The molecule has 0 atom stereocenters. The lowest BCUT2D eigenvalue weighted by Crippen LogP contribution is -2.07. The van der Waals surface area contributed by atoms with Crippen LogP contribution in [0.15, 0.2) is 41.4 Å². The van der Waals surface area contributed by atoms with Gasteiger partial charge in [0.2, 0.25) is 6.79 Å². The van der Waals surface area contributed by atoms with Crippen molar-refractivity contribution in [3.63, 3.8) is 0 Å². The minimum absolute atomic E-state index is 0.244. The van der Waals surface area contributed by atoms with Crippen molar-refractivity contribution in [2.24, 2.45) is 4.99 Å². The first-order chi connectivity index (χ1) is 11.2. The highest BCUT2D eigenvalue weighted by molar-refractivity contribution is 5.87. The van der Waals surface area contributed by atoms with Gasteiger partial charge in [0.25, 0.3) is 0 Å². The molecule has 1 heterocycles. The Labute approximate surface area is 136 Å². The lowest BCUT2D eigenvalue weighted by atomic mass is 10.2. The highest BCUT2D eigenvalue weighted by Gasteiger charge is 2.17. The maximum absolute atomic E-state index is 5.67. The Morgan fingerprint density at radius 1 is 1.13 bits per heavy atom. The van der Waals surface area contributed by atoms with Gasteiger partial charge in [0, 0.05) is 37.6 Å². The number of hydrogen-bond acceptors (Lipinski definition) is 5. The largest absolute Gasteiger partial charge is 0.493 e. The number of hydrogen-bond donors (Lipinski definition) is 0. The number of ether oxygens (including phenoxy) is 3. The van der Waals surface area contributed by atoms with Gasteiger partial charge < -0.3 is 19.1 Å². The van der Waals surface area contributed by atoms with Crippen molar-refractivity contribution in [2.75, 3.05) is 32.4 Å². The van der Waals surface area contributed by atoms with E-state index < -0.39 is 0 Å². The first-order valence-electron chi connectivity index (χ1n) is 7.55. The summed E-state index contributed by atoms with van der Waals surface area (Å²) in [7, 11) is 4.03. The Morgan fingerprint density at radius 2 is 1.83 bits per heavy atom. The van der Waals surface area contributed by atoms with Crippen LogP contribution in [0.4, 0.5) is 11.4 Å². The Balaban J connectivity index is 1.86. The van der Waals surface area contributed by atoms with Gasteiger partial charge in [-0.3, -0.25) is 4.99 Å². The molecule has 2 aromatic carbocycles. The number of rotatable bonds is 5. The maximum Gasteiger partial charge on any atom is 0.231 e. The lowest BCUT2D eigenvalue weighted by molar-refractivity contribution is 0.174. The second-order valence-electron chi connectivity index (χ2n) is 5.35. The average molecular weight is 312 g/mol. The fraction of sp³-hybridized carbons (Fsp3) is 0.278. The molecule has 5 nitrogen and oxygen atoms in total. The topological polar surface area (TPSA) is 43.3 Å². The molecule has 1 aliphatic rings. The Morgan fingerprint density at radius 3 is 2.48 bits per heavy atom. The Kier molecular flexibility index (Phi) is 4.37. The van der Waals surface area contributed by atoms with Crippen LogP contribution in [0, 0.1) is 0 Å². The number of fused-ring (bicyclic) bond motifs is 1. The summed E-state index contributed by atoms with van der Waals surface area (Å²) in [6.07, 6.45) is 1.79. The molecule has 0 N–H and O–H groups in total. The normalized spacial score (nSPS) is 12.7. The van der Waals surface area contributed by atoms with E-state index in [1.807, 2.05) is 57.4 Å². The molecule has 0 amide bonds. The Bertz CT molecular complexity index is 709. The van der Waals surface area contributed by atoms with Crippen molar-refractivity contribution in [3.8, 4) is 17.2 Å². The molecule has 0 radical (unpaired) electrons. The van der Waals surface area contributed by atoms with Crippen LogP contribution in [0.1, 0.15) is 12.5 Å². The van der Waals surface area contributed by atoms with Crippen LogP contribution in [-0.2, 0) is 0 Å². The van der Waals surface area contributed by atoms with E-state index in [4.69, 9.17) is 14.2 Å². The zero-order valence-electron chi connectivity index (χ0n) is 13.6. The molecule has 0 bridgehead atoms. The second kappa shape index (κ2) is 6.60. The summed E-state index contributed by atoms with van der Waals surface area (Å²) in [6.45, 7) is 2.77. The van der Waals surface area contributed by atoms with Crippen LogP contribution in [0.5, 0.6) is 17.2 Å². The predicted molar refractivity (Wildman–Crippen MR) is 91.8 cm³/mol. The molecule has 120 valence electrons. The highest BCUT2D eigenvalue weighted by Crippen LogP contribution is 2.37. The first kappa shape index (κ1) is 15.2. The van der Waals surface area contributed by atoms with E-state index in [0.717, 1.165) is 28.4 Å². The monoisotopic (exact) mass is 312 g/mol. The molecule has 3 rings (SSSR count). The number of benzene rings is 2.